The van der Waals surface area contributed by atoms with Gasteiger partial charge in [0.1, 0.15) is 10.7 Å². The van der Waals surface area contributed by atoms with Crippen LogP contribution in [-0.4, -0.2) is 34.5 Å². The molecule has 16 heavy (non-hydrogen) atoms. The summed E-state index contributed by atoms with van der Waals surface area (Å²) in [5.41, 5.74) is 0. The van der Waals surface area contributed by atoms with E-state index in [1.54, 1.807) is 11.9 Å². The molecule has 7 heteroatoms. The molecule has 0 radical (unpaired) electrons. The molecule has 0 amide bonds. The van der Waals surface area contributed by atoms with E-state index in [1.165, 1.54) is 12.1 Å². The van der Waals surface area contributed by atoms with Crippen LogP contribution in [0.5, 0.6) is 0 Å². The van der Waals surface area contributed by atoms with Gasteiger partial charge < -0.3 is 9.52 Å². The van der Waals surface area contributed by atoms with Crippen molar-refractivity contribution in [1.82, 2.24) is 4.90 Å². The summed E-state index contributed by atoms with van der Waals surface area (Å²) < 4.78 is 4.93. The fourth-order valence-corrected chi connectivity index (χ4v) is 1.18. The lowest BCUT2D eigenvalue weighted by molar-refractivity contribution is -0.402. The van der Waals surface area contributed by atoms with Crippen LogP contribution in [0.15, 0.2) is 16.5 Å². The van der Waals surface area contributed by atoms with Crippen molar-refractivity contribution in [3.8, 4) is 0 Å². The minimum atomic E-state index is -0.878. The van der Waals surface area contributed by atoms with Crippen LogP contribution in [0.4, 0.5) is 5.88 Å². The number of hydrogen-bond acceptors (Lipinski definition) is 5. The summed E-state index contributed by atoms with van der Waals surface area (Å²) in [7, 11) is 1.72. The quantitative estimate of drug-likeness (QED) is 0.578. The maximum absolute atomic E-state index is 10.3. The summed E-state index contributed by atoms with van der Waals surface area (Å²) in [6.07, 6.45) is 0.0271. The Labute approximate surface area is 91.4 Å². The molecule has 88 valence electrons. The van der Waals surface area contributed by atoms with Gasteiger partial charge in [0.25, 0.3) is 0 Å². The Hall–Kier alpha value is -1.89. The Morgan fingerprint density at radius 2 is 2.31 bits per heavy atom. The molecule has 0 aliphatic heterocycles. The van der Waals surface area contributed by atoms with Gasteiger partial charge in [0.15, 0.2) is 0 Å². The first-order valence-corrected chi connectivity index (χ1v) is 4.62. The number of nitro groups is 1. The van der Waals surface area contributed by atoms with Crippen molar-refractivity contribution >= 4 is 11.9 Å². The Bertz CT molecular complexity index is 387. The van der Waals surface area contributed by atoms with E-state index in [-0.39, 0.29) is 12.3 Å². The Kier molecular flexibility index (Phi) is 4.01. The van der Waals surface area contributed by atoms with E-state index in [9.17, 15) is 14.9 Å². The predicted octanol–water partition coefficient (Wildman–Crippen LogP) is 1.09. The fraction of sp³-hybridized carbons (Fsp3) is 0.444. The predicted molar refractivity (Wildman–Crippen MR) is 53.9 cm³/mol. The van der Waals surface area contributed by atoms with Crippen molar-refractivity contribution < 1.29 is 19.2 Å². The first-order chi connectivity index (χ1) is 7.49. The van der Waals surface area contributed by atoms with Gasteiger partial charge in [0, 0.05) is 6.54 Å². The van der Waals surface area contributed by atoms with Crippen LogP contribution in [0.25, 0.3) is 0 Å². The van der Waals surface area contributed by atoms with Gasteiger partial charge in [-0.2, -0.15) is 0 Å². The molecule has 1 heterocycles. The minimum Gasteiger partial charge on any atom is -0.481 e. The smallest absolute Gasteiger partial charge is 0.433 e. The third-order valence-electron chi connectivity index (χ3n) is 1.96. The van der Waals surface area contributed by atoms with Crippen molar-refractivity contribution in [3.05, 3.63) is 28.0 Å². The molecule has 1 rings (SSSR count). The zero-order chi connectivity index (χ0) is 12.1. The average Bonchev–Trinajstić information content (AvgIpc) is 2.63. The van der Waals surface area contributed by atoms with E-state index in [2.05, 4.69) is 0 Å². The van der Waals surface area contributed by atoms with Gasteiger partial charge in [-0.15, -0.1) is 0 Å². The van der Waals surface area contributed by atoms with Gasteiger partial charge >= 0.3 is 11.9 Å². The Balaban J connectivity index is 2.46. The standard InChI is InChI=1S/C9H12N2O5/c1-10(5-4-9(12)13)6-7-2-3-8(16-7)11(14)15/h2-3H,4-6H2,1H3,(H,12,13). The average molecular weight is 228 g/mol. The molecule has 1 aromatic heterocycles. The Morgan fingerprint density at radius 1 is 1.62 bits per heavy atom. The van der Waals surface area contributed by atoms with Gasteiger partial charge in [-0.25, -0.2) is 0 Å². The molecule has 1 N–H and O–H groups in total. The highest BCUT2D eigenvalue weighted by Crippen LogP contribution is 2.16. The number of carboxylic acids is 1. The van der Waals surface area contributed by atoms with Gasteiger partial charge in [-0.05, 0) is 13.1 Å². The first kappa shape index (κ1) is 12.2. The number of rotatable bonds is 6. The number of nitrogens with zero attached hydrogens (tertiary/aromatic N) is 2. The lowest BCUT2D eigenvalue weighted by atomic mass is 10.3. The molecule has 0 aromatic carbocycles. The van der Waals surface area contributed by atoms with Crippen molar-refractivity contribution in [2.24, 2.45) is 0 Å². The van der Waals surface area contributed by atoms with Crippen LogP contribution in [-0.2, 0) is 11.3 Å². The summed E-state index contributed by atoms with van der Waals surface area (Å²) in [4.78, 5) is 21.8. The first-order valence-electron chi connectivity index (χ1n) is 4.62. The Morgan fingerprint density at radius 3 is 2.81 bits per heavy atom. The van der Waals surface area contributed by atoms with Crippen molar-refractivity contribution in [3.63, 3.8) is 0 Å². The summed E-state index contributed by atoms with van der Waals surface area (Å²) >= 11 is 0. The number of carbonyl (C=O) groups is 1. The van der Waals surface area contributed by atoms with Crippen molar-refractivity contribution in [2.75, 3.05) is 13.6 Å². The summed E-state index contributed by atoms with van der Waals surface area (Å²) in [6, 6.07) is 2.79. The zero-order valence-electron chi connectivity index (χ0n) is 8.75. The van der Waals surface area contributed by atoms with Crippen LogP contribution < -0.4 is 0 Å². The molecule has 0 atom stereocenters. The van der Waals surface area contributed by atoms with Crippen LogP contribution in [0, 0.1) is 10.1 Å². The molecule has 1 aromatic rings. The molecule has 0 fully saturated rings. The van der Waals surface area contributed by atoms with Crippen molar-refractivity contribution in [1.29, 1.82) is 0 Å². The molecule has 0 aliphatic carbocycles. The van der Waals surface area contributed by atoms with Crippen LogP contribution >= 0.6 is 0 Å². The minimum absolute atomic E-state index is 0.0271. The van der Waals surface area contributed by atoms with Crippen LogP contribution in [0.2, 0.25) is 0 Å². The number of hydrogen-bond donors (Lipinski definition) is 1. The maximum Gasteiger partial charge on any atom is 0.433 e. The summed E-state index contributed by atoms with van der Waals surface area (Å²) in [5.74, 6) is -0.738. The second kappa shape index (κ2) is 5.26. The second-order valence-electron chi connectivity index (χ2n) is 3.38. The molecule has 0 saturated heterocycles. The van der Waals surface area contributed by atoms with E-state index in [1.807, 2.05) is 0 Å². The lowest BCUT2D eigenvalue weighted by Gasteiger charge is -2.12. The largest absolute Gasteiger partial charge is 0.481 e. The zero-order valence-corrected chi connectivity index (χ0v) is 8.75. The van der Waals surface area contributed by atoms with E-state index in [0.717, 1.165) is 0 Å². The van der Waals surface area contributed by atoms with Crippen molar-refractivity contribution in [2.45, 2.75) is 13.0 Å². The highest BCUT2D eigenvalue weighted by atomic mass is 16.6. The van der Waals surface area contributed by atoms with Gasteiger partial charge in [0.05, 0.1) is 19.0 Å². The summed E-state index contributed by atoms with van der Waals surface area (Å²) in [5, 5.41) is 18.8. The molecule has 0 aliphatic rings. The SMILES string of the molecule is CN(CCC(=O)O)Cc1ccc([N+](=O)[O-])o1. The highest BCUT2D eigenvalue weighted by molar-refractivity contribution is 5.66. The van der Waals surface area contributed by atoms with Crippen LogP contribution in [0.1, 0.15) is 12.2 Å². The third kappa shape index (κ3) is 3.70. The molecule has 7 nitrogen and oxygen atoms in total. The van der Waals surface area contributed by atoms with E-state index in [4.69, 9.17) is 9.52 Å². The van der Waals surface area contributed by atoms with Gasteiger partial charge in [0.2, 0.25) is 0 Å². The number of carboxylic acid groups (broad SMARTS) is 1. The van der Waals surface area contributed by atoms with Gasteiger partial charge in [-0.3, -0.25) is 19.8 Å². The molecule has 0 saturated carbocycles. The maximum atomic E-state index is 10.3. The molecule has 0 unspecified atom stereocenters. The normalized spacial score (nSPS) is 10.6. The molecular formula is C9H12N2O5. The third-order valence-corrected chi connectivity index (χ3v) is 1.96. The second-order valence-corrected chi connectivity index (χ2v) is 3.38. The number of furan rings is 1. The summed E-state index contributed by atoms with van der Waals surface area (Å²) in [6.45, 7) is 0.713. The number of aliphatic carboxylic acids is 1. The molecule has 0 bridgehead atoms. The van der Waals surface area contributed by atoms with E-state index >= 15 is 0 Å². The molecular weight excluding hydrogens is 216 g/mol. The topological polar surface area (TPSA) is 96.8 Å². The van der Waals surface area contributed by atoms with E-state index in [0.29, 0.717) is 18.8 Å². The van der Waals surface area contributed by atoms with Gasteiger partial charge in [-0.1, -0.05) is 0 Å². The van der Waals surface area contributed by atoms with E-state index < -0.39 is 10.9 Å². The van der Waals surface area contributed by atoms with Crippen LogP contribution in [0.3, 0.4) is 0 Å². The molecule has 0 spiro atoms. The lowest BCUT2D eigenvalue weighted by Crippen LogP contribution is -2.20. The fourth-order valence-electron chi connectivity index (χ4n) is 1.18. The highest BCUT2D eigenvalue weighted by Gasteiger charge is 2.13. The monoisotopic (exact) mass is 228 g/mol.